The molecule has 24 heavy (non-hydrogen) atoms. The van der Waals surface area contributed by atoms with Gasteiger partial charge >= 0.3 is 0 Å². The Morgan fingerprint density at radius 1 is 1.00 bits per heavy atom. The van der Waals surface area contributed by atoms with Gasteiger partial charge in [0, 0.05) is 23.9 Å². The third kappa shape index (κ3) is 3.02. The largest absolute Gasteiger partial charge is 0.295 e. The minimum atomic E-state index is -3.68. The van der Waals surface area contributed by atoms with Crippen molar-refractivity contribution in [1.82, 2.24) is 4.31 Å². The summed E-state index contributed by atoms with van der Waals surface area (Å²) in [5.74, 6) is -0.118. The minimum absolute atomic E-state index is 0.118. The van der Waals surface area contributed by atoms with Gasteiger partial charge in [0.25, 0.3) is 0 Å². The minimum Gasteiger partial charge on any atom is -0.295 e. The van der Waals surface area contributed by atoms with Gasteiger partial charge in [-0.3, -0.25) is 4.79 Å². The van der Waals surface area contributed by atoms with Gasteiger partial charge in [0.05, 0.1) is 10.1 Å². The lowest BCUT2D eigenvalue weighted by Gasteiger charge is -2.37. The molecule has 2 saturated heterocycles. The molecule has 2 aliphatic rings. The van der Waals surface area contributed by atoms with Gasteiger partial charge in [0.2, 0.25) is 10.0 Å². The Morgan fingerprint density at radius 2 is 1.50 bits per heavy atom. The Morgan fingerprint density at radius 3 is 1.92 bits per heavy atom. The molecule has 2 atom stereocenters. The fourth-order valence-corrected chi connectivity index (χ4v) is 6.84. The smallest absolute Gasteiger partial charge is 0.243 e. The molecule has 0 aliphatic carbocycles. The number of hydrogen-bond acceptors (Lipinski definition) is 5. The van der Waals surface area contributed by atoms with Crippen LogP contribution in [0.3, 0.4) is 0 Å². The van der Waals surface area contributed by atoms with Crippen LogP contribution in [0.5, 0.6) is 0 Å². The van der Waals surface area contributed by atoms with E-state index in [4.69, 9.17) is 0 Å². The second-order valence-corrected chi connectivity index (χ2v) is 10.9. The molecule has 2 bridgehead atoms. The first kappa shape index (κ1) is 17.6. The van der Waals surface area contributed by atoms with Crippen LogP contribution < -0.4 is 0 Å². The number of hydrogen-bond donors (Lipinski definition) is 0. The molecular formula is C16H21NO5S2. The highest BCUT2D eigenvalue weighted by Gasteiger charge is 2.49. The average molecular weight is 371 g/mol. The predicted octanol–water partition coefficient (Wildman–Crippen LogP) is 1.62. The number of sulfonamides is 1. The number of ketones is 1. The van der Waals surface area contributed by atoms with E-state index < -0.39 is 25.1 Å². The number of fused-ring (bicyclic) bond motifs is 2. The van der Waals surface area contributed by atoms with E-state index in [0.717, 1.165) is 0 Å². The summed E-state index contributed by atoms with van der Waals surface area (Å²) >= 11 is 0. The number of piperidine rings is 1. The van der Waals surface area contributed by atoms with E-state index >= 15 is 0 Å². The van der Waals surface area contributed by atoms with E-state index in [-0.39, 0.29) is 22.8 Å². The molecular weight excluding hydrogens is 350 g/mol. The summed E-state index contributed by atoms with van der Waals surface area (Å²) in [4.78, 5) is 11.5. The lowest BCUT2D eigenvalue weighted by atomic mass is 10.1. The summed E-state index contributed by atoms with van der Waals surface area (Å²) in [6.07, 6.45) is 3.34. The quantitative estimate of drug-likeness (QED) is 0.751. The first-order valence-corrected chi connectivity index (χ1v) is 11.3. The van der Waals surface area contributed by atoms with Crippen LogP contribution >= 0.6 is 0 Å². The molecule has 1 aromatic carbocycles. The summed E-state index contributed by atoms with van der Waals surface area (Å²) in [5, 5.41) is -0.457. The second kappa shape index (κ2) is 5.93. The number of carbonyl (C=O) groups is 1. The van der Waals surface area contributed by atoms with Crippen molar-refractivity contribution in [3.63, 3.8) is 0 Å². The van der Waals surface area contributed by atoms with Gasteiger partial charge in [-0.15, -0.1) is 0 Å². The molecule has 0 saturated carbocycles. The number of rotatable bonds is 4. The van der Waals surface area contributed by atoms with Gasteiger partial charge in [-0.25, -0.2) is 16.8 Å². The van der Waals surface area contributed by atoms with Crippen LogP contribution in [-0.2, 0) is 19.9 Å². The van der Waals surface area contributed by atoms with E-state index in [0.29, 0.717) is 31.2 Å². The highest BCUT2D eigenvalue weighted by molar-refractivity contribution is 7.91. The molecule has 2 fully saturated rings. The van der Waals surface area contributed by atoms with Crippen LogP contribution in [0.2, 0.25) is 0 Å². The molecule has 2 heterocycles. The number of benzene rings is 1. The lowest BCUT2D eigenvalue weighted by molar-refractivity contribution is 0.101. The maximum Gasteiger partial charge on any atom is 0.243 e. The lowest BCUT2D eigenvalue weighted by Crippen LogP contribution is -2.49. The van der Waals surface area contributed by atoms with Crippen molar-refractivity contribution in [3.05, 3.63) is 29.8 Å². The molecule has 0 aromatic heterocycles. The van der Waals surface area contributed by atoms with Gasteiger partial charge in [-0.1, -0.05) is 12.1 Å². The van der Waals surface area contributed by atoms with Crippen LogP contribution in [0.15, 0.2) is 29.2 Å². The molecule has 1 aromatic rings. The SMILES string of the molecule is CC(=O)c1ccc(S(=O)(=O)N2[C@H]3CC[C@H]2CC(S(C)(=O)=O)C3)cc1. The Hall–Kier alpha value is -1.25. The van der Waals surface area contributed by atoms with Crippen LogP contribution in [0.25, 0.3) is 0 Å². The molecule has 3 rings (SSSR count). The molecule has 0 spiro atoms. The predicted molar refractivity (Wildman–Crippen MR) is 90.1 cm³/mol. The van der Waals surface area contributed by atoms with Crippen molar-refractivity contribution in [2.45, 2.75) is 54.8 Å². The standard InChI is InChI=1S/C16H21NO5S2/c1-11(18)12-3-7-15(8-4-12)24(21,22)17-13-5-6-14(17)10-16(9-13)23(2,19)20/h3-4,7-8,13-14,16H,5-6,9-10H2,1-2H3/t13-,14-/m0/s1. The van der Waals surface area contributed by atoms with E-state index in [2.05, 4.69) is 0 Å². The van der Waals surface area contributed by atoms with E-state index in [1.54, 1.807) is 0 Å². The zero-order valence-corrected chi connectivity index (χ0v) is 15.3. The van der Waals surface area contributed by atoms with Gasteiger partial charge in [0.1, 0.15) is 9.84 Å². The van der Waals surface area contributed by atoms with Gasteiger partial charge in [0.15, 0.2) is 5.78 Å². The van der Waals surface area contributed by atoms with Crippen molar-refractivity contribution in [1.29, 1.82) is 0 Å². The maximum atomic E-state index is 13.0. The molecule has 6 nitrogen and oxygen atoms in total. The monoisotopic (exact) mass is 371 g/mol. The van der Waals surface area contributed by atoms with E-state index in [9.17, 15) is 21.6 Å². The summed E-state index contributed by atoms with van der Waals surface area (Å²) < 4.78 is 51.1. The van der Waals surface area contributed by atoms with Gasteiger partial charge in [-0.2, -0.15) is 4.31 Å². The topological polar surface area (TPSA) is 88.6 Å². The molecule has 132 valence electrons. The fraction of sp³-hybridized carbons (Fsp3) is 0.562. The summed E-state index contributed by atoms with van der Waals surface area (Å²) in [6, 6.07) is 5.41. The van der Waals surface area contributed by atoms with Crippen LogP contribution in [0.1, 0.15) is 43.0 Å². The van der Waals surface area contributed by atoms with Gasteiger partial charge in [-0.05, 0) is 44.7 Å². The zero-order valence-electron chi connectivity index (χ0n) is 13.7. The molecule has 8 heteroatoms. The first-order valence-electron chi connectivity index (χ1n) is 7.94. The van der Waals surface area contributed by atoms with Crippen LogP contribution in [-0.4, -0.2) is 50.5 Å². The third-order valence-electron chi connectivity index (χ3n) is 5.06. The normalized spacial score (nSPS) is 28.0. The summed E-state index contributed by atoms with van der Waals surface area (Å²) in [5.41, 5.74) is 0.465. The highest BCUT2D eigenvalue weighted by atomic mass is 32.2. The Bertz CT molecular complexity index is 844. The molecule has 0 unspecified atom stereocenters. The number of carbonyl (C=O) groups excluding carboxylic acids is 1. The van der Waals surface area contributed by atoms with Crippen LogP contribution in [0, 0.1) is 0 Å². The number of Topliss-reactive ketones (excluding diaryl/α,β-unsaturated/α-hetero) is 1. The first-order chi connectivity index (χ1) is 11.1. The molecule has 2 aliphatic heterocycles. The maximum absolute atomic E-state index is 13.0. The Balaban J connectivity index is 1.90. The van der Waals surface area contributed by atoms with Crippen molar-refractivity contribution in [3.8, 4) is 0 Å². The van der Waals surface area contributed by atoms with Crippen molar-refractivity contribution < 1.29 is 21.6 Å². The van der Waals surface area contributed by atoms with Crippen molar-refractivity contribution >= 4 is 25.6 Å². The molecule has 0 radical (unpaired) electrons. The Kier molecular flexibility index (Phi) is 4.34. The van der Waals surface area contributed by atoms with Gasteiger partial charge < -0.3 is 0 Å². The number of sulfone groups is 1. The molecule has 0 N–H and O–H groups in total. The summed E-state index contributed by atoms with van der Waals surface area (Å²) in [7, 11) is -6.84. The average Bonchev–Trinajstić information content (AvgIpc) is 2.78. The molecule has 0 amide bonds. The van der Waals surface area contributed by atoms with E-state index in [1.807, 2.05) is 0 Å². The van der Waals surface area contributed by atoms with Crippen molar-refractivity contribution in [2.24, 2.45) is 0 Å². The zero-order chi connectivity index (χ0) is 17.7. The van der Waals surface area contributed by atoms with Crippen LogP contribution in [0.4, 0.5) is 0 Å². The second-order valence-electron chi connectivity index (χ2n) is 6.72. The highest BCUT2D eigenvalue weighted by Crippen LogP contribution is 2.41. The third-order valence-corrected chi connectivity index (χ3v) is 8.68. The number of nitrogens with zero attached hydrogens (tertiary/aromatic N) is 1. The summed E-state index contributed by atoms with van der Waals surface area (Å²) in [6.45, 7) is 1.43. The Labute approximate surface area is 142 Å². The van der Waals surface area contributed by atoms with E-state index in [1.165, 1.54) is 41.8 Å². The van der Waals surface area contributed by atoms with Crippen molar-refractivity contribution in [2.75, 3.05) is 6.26 Å². The fourth-order valence-electron chi connectivity index (χ4n) is 3.81.